The van der Waals surface area contributed by atoms with Crippen LogP contribution < -0.4 is 16.2 Å². The van der Waals surface area contributed by atoms with Crippen molar-refractivity contribution in [1.29, 1.82) is 0 Å². The Bertz CT molecular complexity index is 547. The van der Waals surface area contributed by atoms with Crippen LogP contribution in [0, 0.1) is 5.41 Å². The van der Waals surface area contributed by atoms with E-state index in [0.717, 1.165) is 0 Å². The van der Waals surface area contributed by atoms with E-state index in [4.69, 9.17) is 34.8 Å². The minimum atomic E-state index is -1.08. The van der Waals surface area contributed by atoms with Crippen molar-refractivity contribution in [3.8, 4) is 0 Å². The van der Waals surface area contributed by atoms with E-state index in [2.05, 4.69) is 16.2 Å². The summed E-state index contributed by atoms with van der Waals surface area (Å²) in [5.41, 5.74) is 4.17. The molecule has 1 atom stereocenters. The number of anilines is 1. The molecule has 108 valence electrons. The highest BCUT2D eigenvalue weighted by atomic mass is 35.5. The smallest absolute Gasteiger partial charge is 0.307 e. The van der Waals surface area contributed by atoms with E-state index >= 15 is 0 Å². The number of amides is 3. The van der Waals surface area contributed by atoms with Crippen LogP contribution in [0.25, 0.3) is 0 Å². The lowest BCUT2D eigenvalue weighted by molar-refractivity contribution is -0.126. The van der Waals surface area contributed by atoms with Crippen LogP contribution in [0.3, 0.4) is 0 Å². The Kier molecular flexibility index (Phi) is 4.04. The first-order valence-electron chi connectivity index (χ1n) is 5.75. The fourth-order valence-electron chi connectivity index (χ4n) is 1.59. The molecule has 3 amide bonds. The number of urea groups is 1. The van der Waals surface area contributed by atoms with Gasteiger partial charge in [0, 0.05) is 10.7 Å². The minimum Gasteiger partial charge on any atom is -0.307 e. The Morgan fingerprint density at radius 1 is 1.15 bits per heavy atom. The maximum Gasteiger partial charge on any atom is 0.337 e. The molecule has 1 aromatic rings. The van der Waals surface area contributed by atoms with Crippen LogP contribution in [0.4, 0.5) is 10.5 Å². The van der Waals surface area contributed by atoms with Gasteiger partial charge in [-0.2, -0.15) is 0 Å². The summed E-state index contributed by atoms with van der Waals surface area (Å²) in [6.07, 6.45) is 0.343. The van der Waals surface area contributed by atoms with E-state index < -0.39 is 21.7 Å². The molecule has 2 rings (SSSR count). The predicted octanol–water partition coefficient (Wildman–Crippen LogP) is 3.08. The topological polar surface area (TPSA) is 70.2 Å². The first-order valence-corrected chi connectivity index (χ1v) is 6.89. The van der Waals surface area contributed by atoms with Crippen molar-refractivity contribution in [3.05, 3.63) is 29.3 Å². The van der Waals surface area contributed by atoms with E-state index in [9.17, 15) is 9.59 Å². The summed E-state index contributed by atoms with van der Waals surface area (Å²) in [5.74, 6) is -0.436. The molecule has 8 heteroatoms. The van der Waals surface area contributed by atoms with Gasteiger partial charge in [0.2, 0.25) is 5.91 Å². The highest BCUT2D eigenvalue weighted by Gasteiger charge is 2.68. The highest BCUT2D eigenvalue weighted by Crippen LogP contribution is 2.63. The lowest BCUT2D eigenvalue weighted by Gasteiger charge is -2.13. The summed E-state index contributed by atoms with van der Waals surface area (Å²) in [4.78, 5) is 23.4. The molecular weight excluding hydrogens is 325 g/mol. The van der Waals surface area contributed by atoms with Gasteiger partial charge in [-0.3, -0.25) is 10.2 Å². The van der Waals surface area contributed by atoms with Crippen LogP contribution in [0.1, 0.15) is 13.3 Å². The number of hydrogen-bond acceptors (Lipinski definition) is 2. The van der Waals surface area contributed by atoms with Gasteiger partial charge in [-0.1, -0.05) is 11.6 Å². The van der Waals surface area contributed by atoms with Crippen LogP contribution in [0.2, 0.25) is 5.02 Å². The molecule has 5 nitrogen and oxygen atoms in total. The van der Waals surface area contributed by atoms with E-state index in [-0.39, 0.29) is 0 Å². The van der Waals surface area contributed by atoms with Crippen LogP contribution >= 0.6 is 34.8 Å². The van der Waals surface area contributed by atoms with E-state index in [0.29, 0.717) is 17.1 Å². The van der Waals surface area contributed by atoms with Crippen molar-refractivity contribution in [2.75, 3.05) is 5.32 Å². The van der Waals surface area contributed by atoms with Crippen LogP contribution in [-0.4, -0.2) is 16.3 Å². The Morgan fingerprint density at radius 2 is 1.70 bits per heavy atom. The zero-order valence-corrected chi connectivity index (χ0v) is 12.7. The third kappa shape index (κ3) is 3.11. The maximum atomic E-state index is 11.8. The number of rotatable bonds is 2. The van der Waals surface area contributed by atoms with Crippen LogP contribution in [-0.2, 0) is 4.79 Å². The number of carbonyl (C=O) groups is 2. The second-order valence-electron chi connectivity index (χ2n) is 4.75. The monoisotopic (exact) mass is 335 g/mol. The van der Waals surface area contributed by atoms with Gasteiger partial charge < -0.3 is 5.32 Å². The number of hydrazine groups is 1. The van der Waals surface area contributed by atoms with Crippen LogP contribution in [0.5, 0.6) is 0 Å². The summed E-state index contributed by atoms with van der Waals surface area (Å²) in [6.45, 7) is 1.63. The summed E-state index contributed by atoms with van der Waals surface area (Å²) >= 11 is 17.5. The van der Waals surface area contributed by atoms with Gasteiger partial charge in [0.1, 0.15) is 4.33 Å². The predicted molar refractivity (Wildman–Crippen MR) is 78.9 cm³/mol. The SMILES string of the molecule is CC1(C(=O)NNC(=O)Nc2ccc(Cl)cc2)CC1(Cl)Cl. The van der Waals surface area contributed by atoms with E-state index in [1.165, 1.54) is 0 Å². The number of nitrogens with one attached hydrogen (secondary N) is 3. The Balaban J connectivity index is 1.81. The average Bonchev–Trinajstić information content (AvgIpc) is 2.90. The Morgan fingerprint density at radius 3 is 2.20 bits per heavy atom. The first kappa shape index (κ1) is 15.2. The van der Waals surface area contributed by atoms with Gasteiger partial charge in [-0.05, 0) is 37.6 Å². The molecule has 0 saturated heterocycles. The lowest BCUT2D eigenvalue weighted by Crippen LogP contribution is -2.47. The molecule has 0 heterocycles. The van der Waals surface area contributed by atoms with Crippen molar-refractivity contribution in [2.24, 2.45) is 5.41 Å². The van der Waals surface area contributed by atoms with Crippen molar-refractivity contribution < 1.29 is 9.59 Å². The third-order valence-electron chi connectivity index (χ3n) is 3.15. The third-order valence-corrected chi connectivity index (χ3v) is 4.50. The molecule has 0 radical (unpaired) electrons. The molecule has 1 fully saturated rings. The molecule has 1 unspecified atom stereocenters. The molecule has 1 aliphatic rings. The molecule has 20 heavy (non-hydrogen) atoms. The second-order valence-corrected chi connectivity index (χ2v) is 6.67. The Hall–Kier alpha value is -1.17. The second kappa shape index (κ2) is 5.31. The van der Waals surface area contributed by atoms with Gasteiger partial charge in [0.15, 0.2) is 0 Å². The Labute approximate surface area is 130 Å². The molecule has 0 aromatic heterocycles. The van der Waals surface area contributed by atoms with Gasteiger partial charge >= 0.3 is 6.03 Å². The number of hydrogen-bond donors (Lipinski definition) is 3. The molecule has 0 bridgehead atoms. The summed E-state index contributed by atoms with van der Waals surface area (Å²) < 4.78 is -1.08. The molecule has 0 spiro atoms. The molecule has 1 aromatic carbocycles. The minimum absolute atomic E-state index is 0.343. The maximum absolute atomic E-state index is 11.8. The van der Waals surface area contributed by atoms with E-state index in [1.807, 2.05) is 0 Å². The number of alkyl halides is 2. The van der Waals surface area contributed by atoms with Crippen molar-refractivity contribution in [2.45, 2.75) is 17.7 Å². The average molecular weight is 337 g/mol. The number of carbonyl (C=O) groups excluding carboxylic acids is 2. The summed E-state index contributed by atoms with van der Waals surface area (Å²) in [6, 6.07) is 5.95. The molecule has 1 aliphatic carbocycles. The molecule has 0 aliphatic heterocycles. The lowest BCUT2D eigenvalue weighted by atomic mass is 10.1. The van der Waals surface area contributed by atoms with Crippen LogP contribution in [0.15, 0.2) is 24.3 Å². The molecular formula is C12H12Cl3N3O2. The van der Waals surface area contributed by atoms with Crippen molar-refractivity contribution >= 4 is 52.4 Å². The fraction of sp³-hybridized carbons (Fsp3) is 0.333. The van der Waals surface area contributed by atoms with Gasteiger partial charge in [-0.25, -0.2) is 10.2 Å². The van der Waals surface area contributed by atoms with Crippen molar-refractivity contribution in [3.63, 3.8) is 0 Å². The largest absolute Gasteiger partial charge is 0.337 e. The molecule has 1 saturated carbocycles. The normalized spacial score (nSPS) is 22.8. The highest BCUT2D eigenvalue weighted by molar-refractivity contribution is 6.53. The summed E-state index contributed by atoms with van der Waals surface area (Å²) in [5, 5.41) is 3.09. The summed E-state index contributed by atoms with van der Waals surface area (Å²) in [7, 11) is 0. The number of halogens is 3. The quantitative estimate of drug-likeness (QED) is 0.574. The van der Waals surface area contributed by atoms with Gasteiger partial charge in [0.25, 0.3) is 0 Å². The van der Waals surface area contributed by atoms with Gasteiger partial charge in [-0.15, -0.1) is 23.2 Å². The standard InChI is InChI=1S/C12H12Cl3N3O2/c1-11(6-12(11,14)15)9(19)17-18-10(20)16-8-4-2-7(13)3-5-8/h2-5H,6H2,1H3,(H,17,19)(H2,16,18,20). The zero-order chi connectivity index (χ0) is 15.0. The number of benzene rings is 1. The fourth-order valence-corrected chi connectivity index (χ4v) is 2.43. The van der Waals surface area contributed by atoms with Gasteiger partial charge in [0.05, 0.1) is 5.41 Å². The van der Waals surface area contributed by atoms with E-state index in [1.54, 1.807) is 31.2 Å². The van der Waals surface area contributed by atoms with Crippen molar-refractivity contribution in [1.82, 2.24) is 10.9 Å². The zero-order valence-electron chi connectivity index (χ0n) is 10.5. The molecule has 3 N–H and O–H groups in total. The first-order chi connectivity index (χ1) is 9.24.